The van der Waals surface area contributed by atoms with Crippen LogP contribution in [0.2, 0.25) is 5.02 Å². The maximum Gasteiger partial charge on any atom is 0.262 e. The number of halogens is 1. The zero-order valence-corrected chi connectivity index (χ0v) is 14.4. The van der Waals surface area contributed by atoms with Crippen molar-refractivity contribution in [3.63, 3.8) is 0 Å². The first-order chi connectivity index (χ1) is 11.0. The number of para-hydroxylation sites is 1. The molecule has 0 atom stereocenters. The standard InChI is InChI=1S/C16H18ClNO4S/c1-3-21-15-10-9-12(11-16(15)22-4-2)23(19,20)18-14-8-6-5-7-13(14)17/h5-11,18H,3-4H2,1-2H3. The van der Waals surface area contributed by atoms with Gasteiger partial charge >= 0.3 is 0 Å². The van der Waals surface area contributed by atoms with E-state index in [2.05, 4.69) is 4.72 Å². The van der Waals surface area contributed by atoms with E-state index in [1.807, 2.05) is 13.8 Å². The number of sulfonamides is 1. The van der Waals surface area contributed by atoms with Crippen molar-refractivity contribution < 1.29 is 17.9 Å². The predicted octanol–water partition coefficient (Wildman–Crippen LogP) is 3.94. The molecule has 0 radical (unpaired) electrons. The van der Waals surface area contributed by atoms with Gasteiger partial charge in [-0.2, -0.15) is 0 Å². The predicted molar refractivity (Wildman–Crippen MR) is 91.0 cm³/mol. The van der Waals surface area contributed by atoms with Crippen LogP contribution in [-0.2, 0) is 10.0 Å². The molecule has 124 valence electrons. The van der Waals surface area contributed by atoms with E-state index in [0.717, 1.165) is 0 Å². The Labute approximate surface area is 141 Å². The first-order valence-corrected chi connectivity index (χ1v) is 9.01. The van der Waals surface area contributed by atoms with Crippen molar-refractivity contribution in [2.45, 2.75) is 18.7 Å². The molecule has 0 aliphatic carbocycles. The fourth-order valence-electron chi connectivity index (χ4n) is 1.95. The third-order valence-corrected chi connectivity index (χ3v) is 4.64. The number of rotatable bonds is 7. The molecule has 0 spiro atoms. The summed E-state index contributed by atoms with van der Waals surface area (Å²) in [4.78, 5) is 0.0734. The molecule has 0 amide bonds. The third-order valence-electron chi connectivity index (χ3n) is 2.94. The number of benzene rings is 2. The normalized spacial score (nSPS) is 11.1. The summed E-state index contributed by atoms with van der Waals surface area (Å²) in [5.74, 6) is 0.891. The summed E-state index contributed by atoms with van der Waals surface area (Å²) in [7, 11) is -3.78. The van der Waals surface area contributed by atoms with E-state index < -0.39 is 10.0 Å². The van der Waals surface area contributed by atoms with Crippen LogP contribution in [0, 0.1) is 0 Å². The Kier molecular flexibility index (Phi) is 5.74. The molecule has 0 saturated carbocycles. The zero-order chi connectivity index (χ0) is 16.9. The molecule has 0 heterocycles. The lowest BCUT2D eigenvalue weighted by Gasteiger charge is -2.14. The number of ether oxygens (including phenoxy) is 2. The molecule has 7 heteroatoms. The number of hydrogen-bond acceptors (Lipinski definition) is 4. The van der Waals surface area contributed by atoms with Crippen LogP contribution in [0.1, 0.15) is 13.8 Å². The molecule has 0 aliphatic rings. The lowest BCUT2D eigenvalue weighted by Crippen LogP contribution is -2.13. The molecule has 1 N–H and O–H groups in total. The molecule has 0 aliphatic heterocycles. The van der Waals surface area contributed by atoms with E-state index in [9.17, 15) is 8.42 Å². The first-order valence-electron chi connectivity index (χ1n) is 7.15. The summed E-state index contributed by atoms with van der Waals surface area (Å²) in [6.07, 6.45) is 0. The Bertz CT molecular complexity index is 777. The van der Waals surface area contributed by atoms with Gasteiger partial charge in [-0.05, 0) is 38.1 Å². The van der Waals surface area contributed by atoms with Crippen LogP contribution in [0.15, 0.2) is 47.4 Å². The van der Waals surface area contributed by atoms with Gasteiger partial charge in [0.25, 0.3) is 10.0 Å². The minimum Gasteiger partial charge on any atom is -0.490 e. The van der Waals surface area contributed by atoms with Gasteiger partial charge in [-0.1, -0.05) is 23.7 Å². The van der Waals surface area contributed by atoms with Gasteiger partial charge in [-0.3, -0.25) is 4.72 Å². The molecule has 0 fully saturated rings. The summed E-state index contributed by atoms with van der Waals surface area (Å²) >= 11 is 5.99. The molecule has 2 rings (SSSR count). The van der Waals surface area contributed by atoms with Crippen LogP contribution in [0.3, 0.4) is 0 Å². The van der Waals surface area contributed by atoms with Crippen molar-refractivity contribution in [3.05, 3.63) is 47.5 Å². The average molecular weight is 356 g/mol. The Balaban J connectivity index is 2.36. The molecule has 0 saturated heterocycles. The highest BCUT2D eigenvalue weighted by Crippen LogP contribution is 2.31. The minimum atomic E-state index is -3.78. The van der Waals surface area contributed by atoms with Gasteiger partial charge in [0, 0.05) is 6.07 Å². The van der Waals surface area contributed by atoms with Crippen molar-refractivity contribution in [1.82, 2.24) is 0 Å². The van der Waals surface area contributed by atoms with Crippen molar-refractivity contribution in [3.8, 4) is 11.5 Å². The number of nitrogens with one attached hydrogen (secondary N) is 1. The number of anilines is 1. The Morgan fingerprint density at radius 2 is 1.65 bits per heavy atom. The maximum absolute atomic E-state index is 12.5. The highest BCUT2D eigenvalue weighted by atomic mass is 35.5. The van der Waals surface area contributed by atoms with Gasteiger partial charge in [0.15, 0.2) is 11.5 Å². The summed E-state index contributed by atoms with van der Waals surface area (Å²) in [5, 5.41) is 0.326. The fourth-order valence-corrected chi connectivity index (χ4v) is 3.28. The largest absolute Gasteiger partial charge is 0.490 e. The molecule has 23 heavy (non-hydrogen) atoms. The summed E-state index contributed by atoms with van der Waals surface area (Å²) in [6, 6.07) is 11.1. The van der Waals surface area contributed by atoms with Crippen molar-refractivity contribution in [2.75, 3.05) is 17.9 Å². The second-order valence-electron chi connectivity index (χ2n) is 4.56. The molecule has 0 aromatic heterocycles. The van der Waals surface area contributed by atoms with Crippen molar-refractivity contribution in [1.29, 1.82) is 0 Å². The van der Waals surface area contributed by atoms with Crippen LogP contribution in [-0.4, -0.2) is 21.6 Å². The molecular formula is C16H18ClNO4S. The molecule has 5 nitrogen and oxygen atoms in total. The topological polar surface area (TPSA) is 64.6 Å². The molecular weight excluding hydrogens is 338 g/mol. The smallest absolute Gasteiger partial charge is 0.262 e. The SMILES string of the molecule is CCOc1ccc(S(=O)(=O)Nc2ccccc2Cl)cc1OCC. The van der Waals surface area contributed by atoms with Gasteiger partial charge in [-0.25, -0.2) is 8.42 Å². The van der Waals surface area contributed by atoms with E-state index in [1.54, 1.807) is 30.3 Å². The Morgan fingerprint density at radius 3 is 2.30 bits per heavy atom. The quantitative estimate of drug-likeness (QED) is 0.817. The van der Waals surface area contributed by atoms with Gasteiger partial charge in [-0.15, -0.1) is 0 Å². The van der Waals surface area contributed by atoms with Crippen molar-refractivity contribution in [2.24, 2.45) is 0 Å². The van der Waals surface area contributed by atoms with Gasteiger partial charge in [0.05, 0.1) is 28.8 Å². The highest BCUT2D eigenvalue weighted by Gasteiger charge is 2.18. The van der Waals surface area contributed by atoms with E-state index >= 15 is 0 Å². The van der Waals surface area contributed by atoms with Crippen LogP contribution in [0.4, 0.5) is 5.69 Å². The van der Waals surface area contributed by atoms with Gasteiger partial charge < -0.3 is 9.47 Å². The van der Waals surface area contributed by atoms with E-state index in [0.29, 0.717) is 35.4 Å². The Hall–Kier alpha value is -1.92. The Morgan fingerprint density at radius 1 is 1.00 bits per heavy atom. The second-order valence-corrected chi connectivity index (χ2v) is 6.65. The van der Waals surface area contributed by atoms with E-state index in [4.69, 9.17) is 21.1 Å². The summed E-state index contributed by atoms with van der Waals surface area (Å²) in [5.41, 5.74) is 0.320. The summed E-state index contributed by atoms with van der Waals surface area (Å²) < 4.78 is 38.4. The van der Waals surface area contributed by atoms with Crippen molar-refractivity contribution >= 4 is 27.3 Å². The molecule has 2 aromatic carbocycles. The monoisotopic (exact) mass is 355 g/mol. The molecule has 0 bridgehead atoms. The molecule has 0 unspecified atom stereocenters. The average Bonchev–Trinajstić information content (AvgIpc) is 2.51. The van der Waals surface area contributed by atoms with Crippen LogP contribution >= 0.6 is 11.6 Å². The molecule has 2 aromatic rings. The number of hydrogen-bond donors (Lipinski definition) is 1. The maximum atomic E-state index is 12.5. The zero-order valence-electron chi connectivity index (χ0n) is 12.9. The highest BCUT2D eigenvalue weighted by molar-refractivity contribution is 7.92. The lowest BCUT2D eigenvalue weighted by atomic mass is 10.3. The van der Waals surface area contributed by atoms with E-state index in [1.165, 1.54) is 12.1 Å². The first kappa shape index (κ1) is 17.4. The van der Waals surface area contributed by atoms with Crippen LogP contribution < -0.4 is 14.2 Å². The second kappa shape index (κ2) is 7.57. The minimum absolute atomic E-state index is 0.0734. The van der Waals surface area contributed by atoms with Crippen LogP contribution in [0.5, 0.6) is 11.5 Å². The van der Waals surface area contributed by atoms with Crippen LogP contribution in [0.25, 0.3) is 0 Å². The fraction of sp³-hybridized carbons (Fsp3) is 0.250. The summed E-state index contributed by atoms with van der Waals surface area (Å²) in [6.45, 7) is 4.53. The lowest BCUT2D eigenvalue weighted by molar-refractivity contribution is 0.287. The van der Waals surface area contributed by atoms with Gasteiger partial charge in [0.2, 0.25) is 0 Å². The van der Waals surface area contributed by atoms with Gasteiger partial charge in [0.1, 0.15) is 0 Å². The third kappa shape index (κ3) is 4.30. The van der Waals surface area contributed by atoms with E-state index in [-0.39, 0.29) is 4.90 Å².